The third-order valence-electron chi connectivity index (χ3n) is 3.59. The molecule has 0 fully saturated rings. The number of benzene rings is 1. The van der Waals surface area contributed by atoms with Crippen LogP contribution in [-0.2, 0) is 6.42 Å². The molecule has 1 N–H and O–H groups in total. The molecule has 7 heteroatoms. The van der Waals surface area contributed by atoms with Crippen LogP contribution in [0.25, 0.3) is 0 Å². The molecule has 2 aromatic heterocycles. The number of hydrogen-bond acceptors (Lipinski definition) is 4. The molecule has 0 aliphatic carbocycles. The zero-order valence-corrected chi connectivity index (χ0v) is 13.4. The largest absolute Gasteiger partial charge is 0.319 e. The van der Waals surface area contributed by atoms with Crippen LogP contribution in [0.2, 0.25) is 0 Å². The molecule has 0 saturated heterocycles. The molecule has 2 heterocycles. The van der Waals surface area contributed by atoms with Gasteiger partial charge in [-0.1, -0.05) is 12.1 Å². The van der Waals surface area contributed by atoms with Crippen molar-refractivity contribution in [1.29, 1.82) is 5.26 Å². The van der Waals surface area contributed by atoms with E-state index >= 15 is 0 Å². The third kappa shape index (κ3) is 4.05. The van der Waals surface area contributed by atoms with E-state index in [1.54, 1.807) is 18.2 Å². The zero-order valence-electron chi connectivity index (χ0n) is 13.4. The smallest absolute Gasteiger partial charge is 0.274 e. The fraction of sp³-hybridized carbons (Fsp3) is 0.0526. The minimum absolute atomic E-state index is 0.198. The van der Waals surface area contributed by atoms with E-state index in [-0.39, 0.29) is 11.4 Å². The number of pyridine rings is 2. The number of carbonyl (C=O) groups is 1. The molecule has 1 amide bonds. The van der Waals surface area contributed by atoms with Crippen molar-refractivity contribution in [2.75, 3.05) is 5.32 Å². The van der Waals surface area contributed by atoms with Crippen LogP contribution in [0.5, 0.6) is 0 Å². The molecule has 0 saturated carbocycles. The summed E-state index contributed by atoms with van der Waals surface area (Å²) in [5.74, 6) is -2.21. The van der Waals surface area contributed by atoms with E-state index in [4.69, 9.17) is 5.26 Å². The van der Waals surface area contributed by atoms with Gasteiger partial charge in [-0.25, -0.2) is 13.8 Å². The number of rotatable bonds is 4. The Kier molecular flexibility index (Phi) is 4.94. The quantitative estimate of drug-likeness (QED) is 0.781. The van der Waals surface area contributed by atoms with Crippen LogP contribution >= 0.6 is 0 Å². The highest BCUT2D eigenvalue weighted by Crippen LogP contribution is 2.14. The van der Waals surface area contributed by atoms with Gasteiger partial charge in [-0.05, 0) is 47.9 Å². The van der Waals surface area contributed by atoms with Crippen LogP contribution in [0.1, 0.15) is 27.3 Å². The van der Waals surface area contributed by atoms with Gasteiger partial charge in [0.25, 0.3) is 5.91 Å². The maximum Gasteiger partial charge on any atom is 0.274 e. The summed E-state index contributed by atoms with van der Waals surface area (Å²) in [5.41, 5.74) is 2.26. The summed E-state index contributed by atoms with van der Waals surface area (Å²) in [6.45, 7) is 0. The Labute approximate surface area is 148 Å². The van der Waals surface area contributed by atoms with E-state index in [1.165, 1.54) is 24.5 Å². The van der Waals surface area contributed by atoms with Crippen LogP contribution in [-0.4, -0.2) is 15.9 Å². The average molecular weight is 350 g/mol. The molecule has 5 nitrogen and oxygen atoms in total. The van der Waals surface area contributed by atoms with Gasteiger partial charge < -0.3 is 5.32 Å². The van der Waals surface area contributed by atoms with E-state index in [1.807, 2.05) is 6.07 Å². The van der Waals surface area contributed by atoms with Gasteiger partial charge in [0.05, 0.1) is 11.9 Å². The predicted octanol–water partition coefficient (Wildman–Crippen LogP) is 3.47. The first-order valence-electron chi connectivity index (χ1n) is 7.61. The lowest BCUT2D eigenvalue weighted by molar-refractivity contribution is 0.102. The van der Waals surface area contributed by atoms with E-state index in [0.717, 1.165) is 17.7 Å². The highest BCUT2D eigenvalue weighted by Gasteiger charge is 2.09. The SMILES string of the molecule is N#Cc1ccc(NC(=O)c2ccc(Cc3ccc(F)c(F)c3)cn2)cn1. The highest BCUT2D eigenvalue weighted by atomic mass is 19.2. The molecule has 0 bridgehead atoms. The third-order valence-corrected chi connectivity index (χ3v) is 3.59. The van der Waals surface area contributed by atoms with Gasteiger partial charge in [-0.3, -0.25) is 9.78 Å². The lowest BCUT2D eigenvalue weighted by Gasteiger charge is -2.06. The van der Waals surface area contributed by atoms with Gasteiger partial charge in [0.2, 0.25) is 0 Å². The van der Waals surface area contributed by atoms with Crippen LogP contribution < -0.4 is 5.32 Å². The van der Waals surface area contributed by atoms with Gasteiger partial charge in [-0.15, -0.1) is 0 Å². The van der Waals surface area contributed by atoms with Gasteiger partial charge >= 0.3 is 0 Å². The number of carbonyl (C=O) groups excluding carboxylic acids is 1. The lowest BCUT2D eigenvalue weighted by Crippen LogP contribution is -2.14. The molecule has 0 aliphatic heterocycles. The molecule has 26 heavy (non-hydrogen) atoms. The first-order valence-corrected chi connectivity index (χ1v) is 7.61. The molecule has 128 valence electrons. The Bertz CT molecular complexity index is 980. The Morgan fingerprint density at radius 2 is 1.81 bits per heavy atom. The number of amides is 1. The first kappa shape index (κ1) is 17.2. The second-order valence-corrected chi connectivity index (χ2v) is 5.47. The standard InChI is InChI=1S/C19H12F2N4O/c20-16-5-1-12(8-17(16)21)7-13-2-6-18(24-10-13)19(26)25-15-4-3-14(9-22)23-11-15/h1-6,8,10-11H,7H2,(H,25,26). The van der Waals surface area contributed by atoms with E-state index < -0.39 is 17.5 Å². The number of anilines is 1. The van der Waals surface area contributed by atoms with Crippen LogP contribution in [0.3, 0.4) is 0 Å². The summed E-state index contributed by atoms with van der Waals surface area (Å²) in [5, 5.41) is 11.3. The van der Waals surface area contributed by atoms with Crippen LogP contribution in [0.15, 0.2) is 54.9 Å². The number of nitriles is 1. The average Bonchev–Trinajstić information content (AvgIpc) is 2.66. The normalized spacial score (nSPS) is 10.2. The van der Waals surface area contributed by atoms with Crippen molar-refractivity contribution in [3.8, 4) is 6.07 Å². The molecule has 3 rings (SSSR count). The molecular formula is C19H12F2N4O. The number of nitrogens with one attached hydrogen (secondary N) is 1. The summed E-state index contributed by atoms with van der Waals surface area (Å²) in [6.07, 6.45) is 3.26. The predicted molar refractivity (Wildman–Crippen MR) is 90.3 cm³/mol. The summed E-state index contributed by atoms with van der Waals surface area (Å²) in [7, 11) is 0. The molecule has 3 aromatic rings. The molecule has 0 unspecified atom stereocenters. The van der Waals surface area contributed by atoms with Crippen LogP contribution in [0, 0.1) is 23.0 Å². The van der Waals surface area contributed by atoms with Gasteiger partial charge in [-0.2, -0.15) is 5.26 Å². The topological polar surface area (TPSA) is 78.7 Å². The number of halogens is 2. The second-order valence-electron chi connectivity index (χ2n) is 5.47. The molecular weight excluding hydrogens is 338 g/mol. The number of nitrogens with zero attached hydrogens (tertiary/aromatic N) is 3. The summed E-state index contributed by atoms with van der Waals surface area (Å²) in [6, 6.07) is 11.9. The van der Waals surface area contributed by atoms with Gasteiger partial charge in [0.1, 0.15) is 17.5 Å². The Balaban J connectivity index is 1.67. The fourth-order valence-electron chi connectivity index (χ4n) is 2.28. The van der Waals surface area contributed by atoms with E-state index in [0.29, 0.717) is 17.7 Å². The Hall–Kier alpha value is -3.66. The van der Waals surface area contributed by atoms with E-state index in [9.17, 15) is 13.6 Å². The number of hydrogen-bond donors (Lipinski definition) is 1. The molecule has 0 radical (unpaired) electrons. The summed E-state index contributed by atoms with van der Waals surface area (Å²) >= 11 is 0. The van der Waals surface area contributed by atoms with Gasteiger partial charge in [0.15, 0.2) is 11.6 Å². The minimum atomic E-state index is -0.900. The maximum atomic E-state index is 13.2. The Morgan fingerprint density at radius 1 is 1.00 bits per heavy atom. The lowest BCUT2D eigenvalue weighted by atomic mass is 10.1. The minimum Gasteiger partial charge on any atom is -0.319 e. The molecule has 0 spiro atoms. The summed E-state index contributed by atoms with van der Waals surface area (Å²) < 4.78 is 26.2. The molecule has 0 atom stereocenters. The van der Waals surface area contributed by atoms with E-state index in [2.05, 4.69) is 15.3 Å². The monoisotopic (exact) mass is 350 g/mol. The highest BCUT2D eigenvalue weighted by molar-refractivity contribution is 6.02. The zero-order chi connectivity index (χ0) is 18.5. The number of aromatic nitrogens is 2. The summed E-state index contributed by atoms with van der Waals surface area (Å²) in [4.78, 5) is 20.1. The van der Waals surface area contributed by atoms with Crippen molar-refractivity contribution in [2.45, 2.75) is 6.42 Å². The van der Waals surface area contributed by atoms with Crippen molar-refractivity contribution >= 4 is 11.6 Å². The first-order chi connectivity index (χ1) is 12.5. The fourth-order valence-corrected chi connectivity index (χ4v) is 2.28. The van der Waals surface area contributed by atoms with Crippen molar-refractivity contribution in [1.82, 2.24) is 9.97 Å². The molecule has 1 aromatic carbocycles. The van der Waals surface area contributed by atoms with Crippen LogP contribution in [0.4, 0.5) is 14.5 Å². The maximum absolute atomic E-state index is 13.2. The second kappa shape index (κ2) is 7.49. The van der Waals surface area contributed by atoms with Crippen molar-refractivity contribution in [2.24, 2.45) is 0 Å². The van der Waals surface area contributed by atoms with Crippen molar-refractivity contribution < 1.29 is 13.6 Å². The van der Waals surface area contributed by atoms with Crippen molar-refractivity contribution in [3.63, 3.8) is 0 Å². The van der Waals surface area contributed by atoms with Gasteiger partial charge in [0, 0.05) is 6.20 Å². The molecule has 0 aliphatic rings. The Morgan fingerprint density at radius 3 is 2.42 bits per heavy atom. The van der Waals surface area contributed by atoms with Crippen molar-refractivity contribution in [3.05, 3.63) is 89.0 Å².